The number of aliphatic hydroxyl groups excluding tert-OH is 1. The molecule has 0 spiro atoms. The van der Waals surface area contributed by atoms with Gasteiger partial charge in [-0.3, -0.25) is 14.5 Å². The summed E-state index contributed by atoms with van der Waals surface area (Å²) in [6.07, 6.45) is 4.30. The number of hydrogen-bond donors (Lipinski definition) is 3. The second-order valence-corrected chi connectivity index (χ2v) is 8.94. The Balaban J connectivity index is 2.34. The molecule has 1 atom stereocenters. The van der Waals surface area contributed by atoms with Gasteiger partial charge >= 0.3 is 6.09 Å². The molecule has 1 unspecified atom stereocenters. The number of carbonyl (C=O) groups is 3. The number of carbonyl (C=O) groups excluding carboxylic acids is 2. The molecule has 33 heavy (non-hydrogen) atoms. The lowest BCUT2D eigenvalue weighted by atomic mass is 9.89. The van der Waals surface area contributed by atoms with Gasteiger partial charge in [0.2, 0.25) is 0 Å². The van der Waals surface area contributed by atoms with Crippen LogP contribution in [0.2, 0.25) is 0 Å². The molecule has 0 saturated carbocycles. The summed E-state index contributed by atoms with van der Waals surface area (Å²) in [6.45, 7) is 7.59. The molecule has 2 rings (SSSR count). The molecule has 1 fully saturated rings. The molecular weight excluding hydrogens is 422 g/mol. The highest BCUT2D eigenvalue weighted by atomic mass is 16.4. The zero-order valence-electron chi connectivity index (χ0n) is 20.2. The molecule has 1 aromatic rings. The number of aryl methyl sites for hydroxylation is 1. The van der Waals surface area contributed by atoms with Gasteiger partial charge in [-0.15, -0.1) is 0 Å². The van der Waals surface area contributed by atoms with Crippen LogP contribution in [-0.4, -0.2) is 69.8 Å². The van der Waals surface area contributed by atoms with Gasteiger partial charge in [0, 0.05) is 37.4 Å². The van der Waals surface area contributed by atoms with Crippen molar-refractivity contribution < 1.29 is 24.6 Å². The molecule has 3 N–H and O–H groups in total. The molecule has 1 aromatic carbocycles. The van der Waals surface area contributed by atoms with Crippen molar-refractivity contribution in [3.63, 3.8) is 0 Å². The lowest BCUT2D eigenvalue weighted by molar-refractivity contribution is 0.0163. The van der Waals surface area contributed by atoms with Crippen LogP contribution in [0.25, 0.3) is 0 Å². The number of rotatable bonds is 11. The third-order valence-electron chi connectivity index (χ3n) is 6.18. The first-order valence-electron chi connectivity index (χ1n) is 12.1. The fourth-order valence-electron chi connectivity index (χ4n) is 4.66. The number of unbranched alkanes of at least 4 members (excludes halogenated alkanes) is 1. The first-order chi connectivity index (χ1) is 15.8. The summed E-state index contributed by atoms with van der Waals surface area (Å²) in [6, 6.07) is 5.13. The molecule has 0 aromatic heterocycles. The van der Waals surface area contributed by atoms with Gasteiger partial charge in [-0.1, -0.05) is 13.8 Å². The second-order valence-electron chi connectivity index (χ2n) is 8.94. The normalized spacial score (nSPS) is 18.1. The van der Waals surface area contributed by atoms with Crippen molar-refractivity contribution in [2.24, 2.45) is 0 Å². The van der Waals surface area contributed by atoms with Crippen molar-refractivity contribution in [2.45, 2.75) is 77.8 Å². The maximum atomic E-state index is 13.4. The summed E-state index contributed by atoms with van der Waals surface area (Å²) in [5.74, 6) is -0.485. The Morgan fingerprint density at radius 1 is 1.06 bits per heavy atom. The molecule has 3 amide bonds. The van der Waals surface area contributed by atoms with Crippen molar-refractivity contribution in [1.82, 2.24) is 15.1 Å². The maximum Gasteiger partial charge on any atom is 0.409 e. The largest absolute Gasteiger partial charge is 0.465 e. The average Bonchev–Trinajstić information content (AvgIpc) is 2.78. The second kappa shape index (κ2) is 12.6. The van der Waals surface area contributed by atoms with E-state index in [9.17, 15) is 24.6 Å². The minimum atomic E-state index is -1.06. The van der Waals surface area contributed by atoms with Gasteiger partial charge in [0.25, 0.3) is 11.8 Å². The van der Waals surface area contributed by atoms with E-state index < -0.39 is 11.8 Å². The standard InChI is InChI=1S/C25H39N3O5/c1-4-12-27(13-5-2)23(31)21-17-19(3)16-20(18-21)22(30)26-25(11-7-9-15-29)10-6-8-14-28(25)24(32)33/h16-18,29H,4-15H2,1-3H3,(H,26,30)(H,32,33). The molecule has 1 saturated heterocycles. The SMILES string of the molecule is CCCN(CCC)C(=O)c1cc(C)cc(C(=O)NC2(CCCCO)CCCCN2C(=O)O)c1. The van der Waals surface area contributed by atoms with Crippen LogP contribution in [0.5, 0.6) is 0 Å². The summed E-state index contributed by atoms with van der Waals surface area (Å²) in [4.78, 5) is 41.6. The smallest absolute Gasteiger partial charge is 0.409 e. The van der Waals surface area contributed by atoms with Gasteiger partial charge in [-0.2, -0.15) is 0 Å². The van der Waals surface area contributed by atoms with E-state index >= 15 is 0 Å². The van der Waals surface area contributed by atoms with E-state index in [2.05, 4.69) is 5.32 Å². The van der Waals surface area contributed by atoms with E-state index in [4.69, 9.17) is 0 Å². The van der Waals surface area contributed by atoms with Crippen LogP contribution in [0.3, 0.4) is 0 Å². The van der Waals surface area contributed by atoms with Crippen LogP contribution >= 0.6 is 0 Å². The van der Waals surface area contributed by atoms with Crippen LogP contribution in [0.15, 0.2) is 18.2 Å². The Morgan fingerprint density at radius 2 is 1.73 bits per heavy atom. The predicted molar refractivity (Wildman–Crippen MR) is 127 cm³/mol. The fourth-order valence-corrected chi connectivity index (χ4v) is 4.66. The zero-order chi connectivity index (χ0) is 24.4. The van der Waals surface area contributed by atoms with E-state index in [0.29, 0.717) is 56.4 Å². The summed E-state index contributed by atoms with van der Waals surface area (Å²) < 4.78 is 0. The van der Waals surface area contributed by atoms with Gasteiger partial charge in [0.1, 0.15) is 5.66 Å². The summed E-state index contributed by atoms with van der Waals surface area (Å²) >= 11 is 0. The minimum absolute atomic E-state index is 0.0203. The Morgan fingerprint density at radius 3 is 2.33 bits per heavy atom. The lowest BCUT2D eigenvalue weighted by Gasteiger charge is -2.46. The average molecular weight is 462 g/mol. The highest BCUT2D eigenvalue weighted by Crippen LogP contribution is 2.31. The van der Waals surface area contributed by atoms with Gasteiger partial charge < -0.3 is 20.4 Å². The molecule has 0 radical (unpaired) electrons. The predicted octanol–water partition coefficient (Wildman–Crippen LogP) is 4.01. The van der Waals surface area contributed by atoms with Gasteiger partial charge in [-0.05, 0) is 82.1 Å². The highest BCUT2D eigenvalue weighted by Gasteiger charge is 2.42. The lowest BCUT2D eigenvalue weighted by Crippen LogP contribution is -2.64. The Bertz CT molecular complexity index is 822. The molecule has 184 valence electrons. The number of nitrogens with one attached hydrogen (secondary N) is 1. The monoisotopic (exact) mass is 461 g/mol. The van der Waals surface area contributed by atoms with Crippen LogP contribution in [0, 0.1) is 6.92 Å². The van der Waals surface area contributed by atoms with Gasteiger partial charge in [0.05, 0.1) is 0 Å². The number of piperidine rings is 1. The molecule has 1 aliphatic rings. The molecule has 8 heteroatoms. The molecule has 8 nitrogen and oxygen atoms in total. The zero-order valence-corrected chi connectivity index (χ0v) is 20.2. The van der Waals surface area contributed by atoms with Crippen LogP contribution in [0.1, 0.15) is 91.5 Å². The van der Waals surface area contributed by atoms with Crippen molar-refractivity contribution in [2.75, 3.05) is 26.2 Å². The number of benzene rings is 1. The number of likely N-dealkylation sites (tertiary alicyclic amines) is 1. The van der Waals surface area contributed by atoms with Crippen LogP contribution < -0.4 is 5.32 Å². The highest BCUT2D eigenvalue weighted by molar-refractivity contribution is 6.00. The Hall–Kier alpha value is -2.61. The summed E-state index contributed by atoms with van der Waals surface area (Å²) in [5.41, 5.74) is 0.603. The van der Waals surface area contributed by atoms with E-state index in [0.717, 1.165) is 31.2 Å². The number of nitrogens with zero attached hydrogens (tertiary/aromatic N) is 2. The first kappa shape index (κ1) is 26.6. The molecule has 1 heterocycles. The van der Waals surface area contributed by atoms with Gasteiger partial charge in [-0.25, -0.2) is 4.79 Å². The van der Waals surface area contributed by atoms with Crippen molar-refractivity contribution in [3.8, 4) is 0 Å². The quantitative estimate of drug-likeness (QED) is 0.431. The van der Waals surface area contributed by atoms with Crippen LogP contribution in [0.4, 0.5) is 4.79 Å². The first-order valence-corrected chi connectivity index (χ1v) is 12.1. The molecule has 1 aliphatic heterocycles. The maximum absolute atomic E-state index is 13.4. The third kappa shape index (κ3) is 6.93. The number of carboxylic acid groups (broad SMARTS) is 1. The Labute approximate surface area is 197 Å². The van der Waals surface area contributed by atoms with E-state index in [-0.39, 0.29) is 18.4 Å². The molecule has 0 aliphatic carbocycles. The molecule has 0 bridgehead atoms. The fraction of sp³-hybridized carbons (Fsp3) is 0.640. The van der Waals surface area contributed by atoms with E-state index in [1.54, 1.807) is 23.1 Å². The van der Waals surface area contributed by atoms with E-state index in [1.165, 1.54) is 4.90 Å². The van der Waals surface area contributed by atoms with Crippen molar-refractivity contribution in [1.29, 1.82) is 0 Å². The van der Waals surface area contributed by atoms with E-state index in [1.807, 2.05) is 20.8 Å². The van der Waals surface area contributed by atoms with Gasteiger partial charge in [0.15, 0.2) is 0 Å². The van der Waals surface area contributed by atoms with Crippen LogP contribution in [-0.2, 0) is 0 Å². The summed E-state index contributed by atoms with van der Waals surface area (Å²) in [5, 5.41) is 22.0. The van der Waals surface area contributed by atoms with Crippen molar-refractivity contribution in [3.05, 3.63) is 34.9 Å². The number of amides is 3. The third-order valence-corrected chi connectivity index (χ3v) is 6.18. The summed E-state index contributed by atoms with van der Waals surface area (Å²) in [7, 11) is 0. The topological polar surface area (TPSA) is 110 Å². The minimum Gasteiger partial charge on any atom is -0.465 e. The molecular formula is C25H39N3O5. The Kier molecular flexibility index (Phi) is 10.2. The van der Waals surface area contributed by atoms with Crippen molar-refractivity contribution >= 4 is 17.9 Å². The number of hydrogen-bond acceptors (Lipinski definition) is 4. The number of aliphatic hydroxyl groups is 1.